The van der Waals surface area contributed by atoms with Crippen LogP contribution in [-0.2, 0) is 12.8 Å². The number of carboxylic acids is 1. The van der Waals surface area contributed by atoms with Gasteiger partial charge in [0.2, 0.25) is 0 Å². The van der Waals surface area contributed by atoms with Crippen molar-refractivity contribution in [3.8, 4) is 11.1 Å². The Labute approximate surface area is 243 Å². The number of likely N-dealkylation sites (tertiary alicyclic amines) is 1. The summed E-state index contributed by atoms with van der Waals surface area (Å²) in [4.78, 5) is 15.0. The molecule has 2 aliphatic rings. The molecular formula is C32H33ClF3NO2S. The predicted molar refractivity (Wildman–Crippen MR) is 159 cm³/mol. The lowest BCUT2D eigenvalue weighted by molar-refractivity contribution is 0.0697. The zero-order valence-electron chi connectivity index (χ0n) is 22.1. The van der Waals surface area contributed by atoms with E-state index in [1.165, 1.54) is 5.56 Å². The third-order valence-corrected chi connectivity index (χ3v) is 8.40. The third kappa shape index (κ3) is 6.76. The second kappa shape index (κ2) is 13.7. The van der Waals surface area contributed by atoms with Crippen molar-refractivity contribution in [1.82, 2.24) is 4.90 Å². The van der Waals surface area contributed by atoms with Crippen LogP contribution in [0.5, 0.6) is 0 Å². The standard InChI is InChI=1S/C32H32F3NO2S.ClH/c33-16-5-17-36-19-22(20-36)18-21-10-12-23(13-11-21)24-6-1-2-7-26-25(24)14-15-28(31(37)38)30(26)27-8-3-4-9-29(27)39-32(34)35;/h3-4,6,8-15,22,32H,1-2,5,7,16-20H2,(H,37,38);1H. The largest absolute Gasteiger partial charge is 0.478 e. The third-order valence-electron chi connectivity index (χ3n) is 7.62. The molecule has 0 spiro atoms. The number of halogens is 4. The first-order valence-corrected chi connectivity index (χ1v) is 14.3. The topological polar surface area (TPSA) is 40.5 Å². The van der Waals surface area contributed by atoms with Crippen molar-refractivity contribution >= 4 is 35.7 Å². The number of hydrogen-bond acceptors (Lipinski definition) is 3. The van der Waals surface area contributed by atoms with Gasteiger partial charge in [-0.2, -0.15) is 8.78 Å². The van der Waals surface area contributed by atoms with Gasteiger partial charge in [0.15, 0.2) is 0 Å². The van der Waals surface area contributed by atoms with Gasteiger partial charge in [-0.15, -0.1) is 12.4 Å². The number of nitrogens with zero attached hydrogens (tertiary/aromatic N) is 1. The molecule has 0 atom stereocenters. The van der Waals surface area contributed by atoms with Crippen molar-refractivity contribution in [2.75, 3.05) is 26.3 Å². The fourth-order valence-corrected chi connectivity index (χ4v) is 6.50. The van der Waals surface area contributed by atoms with Crippen LogP contribution in [0.25, 0.3) is 16.7 Å². The van der Waals surface area contributed by atoms with Crippen molar-refractivity contribution in [2.24, 2.45) is 5.92 Å². The summed E-state index contributed by atoms with van der Waals surface area (Å²) in [5.74, 6) is -3.08. The van der Waals surface area contributed by atoms with Crippen LogP contribution < -0.4 is 0 Å². The molecule has 212 valence electrons. The molecule has 1 saturated heterocycles. The maximum atomic E-state index is 13.4. The summed E-state index contributed by atoms with van der Waals surface area (Å²) in [5.41, 5.74) is 6.44. The zero-order valence-corrected chi connectivity index (χ0v) is 23.8. The van der Waals surface area contributed by atoms with Crippen molar-refractivity contribution in [1.29, 1.82) is 0 Å². The fourth-order valence-electron chi connectivity index (χ4n) is 5.85. The molecule has 0 radical (unpaired) electrons. The molecule has 3 aromatic rings. The molecular weight excluding hydrogens is 555 g/mol. The van der Waals surface area contributed by atoms with E-state index in [2.05, 4.69) is 35.2 Å². The monoisotopic (exact) mass is 587 g/mol. The van der Waals surface area contributed by atoms with E-state index in [9.17, 15) is 23.1 Å². The number of carboxylic acid groups (broad SMARTS) is 1. The molecule has 1 fully saturated rings. The highest BCUT2D eigenvalue weighted by molar-refractivity contribution is 7.99. The van der Waals surface area contributed by atoms with Gasteiger partial charge in [-0.1, -0.05) is 66.4 Å². The van der Waals surface area contributed by atoms with Crippen molar-refractivity contribution < 1.29 is 23.1 Å². The summed E-state index contributed by atoms with van der Waals surface area (Å²) in [6.45, 7) is 2.60. The molecule has 1 aliphatic heterocycles. The Balaban J connectivity index is 0.00000370. The number of carbonyl (C=O) groups is 1. The van der Waals surface area contributed by atoms with Gasteiger partial charge < -0.3 is 10.0 Å². The summed E-state index contributed by atoms with van der Waals surface area (Å²) < 4.78 is 39.2. The highest BCUT2D eigenvalue weighted by Crippen LogP contribution is 2.43. The number of allylic oxidation sites excluding steroid dienone is 1. The first-order chi connectivity index (χ1) is 18.9. The van der Waals surface area contributed by atoms with Crippen LogP contribution in [0.4, 0.5) is 13.2 Å². The Bertz CT molecular complexity index is 1360. The molecule has 8 heteroatoms. The van der Waals surface area contributed by atoms with Crippen LogP contribution >= 0.6 is 24.2 Å². The SMILES string of the molecule is Cl.O=C(O)c1ccc2c(c1-c1ccccc1SC(F)F)CCCC=C2c1ccc(CC2CN(CCCF)C2)cc1. The zero-order chi connectivity index (χ0) is 27.4. The average molecular weight is 588 g/mol. The Hall–Kier alpha value is -2.74. The van der Waals surface area contributed by atoms with Gasteiger partial charge in [0.05, 0.1) is 12.2 Å². The molecule has 1 N–H and O–H groups in total. The highest BCUT2D eigenvalue weighted by atomic mass is 35.5. The first kappa shape index (κ1) is 30.2. The molecule has 40 heavy (non-hydrogen) atoms. The van der Waals surface area contributed by atoms with Crippen molar-refractivity contribution in [2.45, 2.75) is 42.8 Å². The molecule has 0 unspecified atom stereocenters. The molecule has 0 aromatic heterocycles. The first-order valence-electron chi connectivity index (χ1n) is 13.5. The second-order valence-electron chi connectivity index (χ2n) is 10.3. The van der Waals surface area contributed by atoms with Crippen LogP contribution in [0, 0.1) is 5.92 Å². The van der Waals surface area contributed by atoms with Gasteiger partial charge in [-0.25, -0.2) is 4.79 Å². The van der Waals surface area contributed by atoms with Crippen molar-refractivity contribution in [3.63, 3.8) is 0 Å². The Kier molecular flexibility index (Phi) is 10.4. The minimum Gasteiger partial charge on any atom is -0.478 e. The Morgan fingerprint density at radius 2 is 1.77 bits per heavy atom. The van der Waals surface area contributed by atoms with E-state index >= 15 is 0 Å². The lowest BCUT2D eigenvalue weighted by Gasteiger charge is -2.39. The van der Waals surface area contributed by atoms with Gasteiger partial charge in [0.1, 0.15) is 0 Å². The number of thioether (sulfide) groups is 1. The van der Waals surface area contributed by atoms with E-state index in [-0.39, 0.29) is 24.6 Å². The van der Waals surface area contributed by atoms with Gasteiger partial charge in [0, 0.05) is 30.1 Å². The summed E-state index contributed by atoms with van der Waals surface area (Å²) in [6, 6.07) is 18.9. The minimum atomic E-state index is -2.60. The highest BCUT2D eigenvalue weighted by Gasteiger charge is 2.27. The normalized spacial score (nSPS) is 15.6. The summed E-state index contributed by atoms with van der Waals surface area (Å²) in [7, 11) is 0. The lowest BCUT2D eigenvalue weighted by Crippen LogP contribution is -2.47. The van der Waals surface area contributed by atoms with Crippen LogP contribution in [0.1, 0.15) is 51.9 Å². The number of alkyl halides is 3. The smallest absolute Gasteiger partial charge is 0.336 e. The maximum absolute atomic E-state index is 13.4. The molecule has 0 saturated carbocycles. The summed E-state index contributed by atoms with van der Waals surface area (Å²) >= 11 is 0.450. The van der Waals surface area contributed by atoms with Crippen LogP contribution in [0.3, 0.4) is 0 Å². The summed E-state index contributed by atoms with van der Waals surface area (Å²) in [6.07, 6.45) is 6.15. The van der Waals surface area contributed by atoms with Gasteiger partial charge in [-0.05, 0) is 83.5 Å². The van der Waals surface area contributed by atoms with Crippen LogP contribution in [0.2, 0.25) is 0 Å². The van der Waals surface area contributed by atoms with Gasteiger partial charge in [-0.3, -0.25) is 4.39 Å². The Morgan fingerprint density at radius 1 is 1.02 bits per heavy atom. The van der Waals surface area contributed by atoms with E-state index in [0.717, 1.165) is 61.2 Å². The minimum absolute atomic E-state index is 0. The second-order valence-corrected chi connectivity index (χ2v) is 11.3. The van der Waals surface area contributed by atoms with E-state index in [4.69, 9.17) is 0 Å². The van der Waals surface area contributed by atoms with Crippen LogP contribution in [-0.4, -0.2) is 48.0 Å². The fraction of sp³-hybridized carbons (Fsp3) is 0.344. The summed E-state index contributed by atoms with van der Waals surface area (Å²) in [5, 5.41) is 10.1. The average Bonchev–Trinajstić information content (AvgIpc) is 3.12. The van der Waals surface area contributed by atoms with Gasteiger partial charge in [0.25, 0.3) is 5.76 Å². The molecule has 0 amide bonds. The number of hydrogen-bond donors (Lipinski definition) is 1. The lowest BCUT2D eigenvalue weighted by atomic mass is 9.85. The van der Waals surface area contributed by atoms with E-state index in [1.54, 1.807) is 30.3 Å². The maximum Gasteiger partial charge on any atom is 0.336 e. The van der Waals surface area contributed by atoms with Crippen LogP contribution in [0.15, 0.2) is 71.6 Å². The molecule has 3 nitrogen and oxygen atoms in total. The number of aromatic carboxylic acids is 1. The predicted octanol–water partition coefficient (Wildman–Crippen LogP) is 8.39. The molecule has 3 aromatic carbocycles. The van der Waals surface area contributed by atoms with Crippen molar-refractivity contribution in [3.05, 3.63) is 94.6 Å². The Morgan fingerprint density at radius 3 is 2.48 bits per heavy atom. The quantitative estimate of drug-likeness (QED) is 0.242. The van der Waals surface area contributed by atoms with E-state index in [1.807, 2.05) is 6.07 Å². The number of rotatable bonds is 10. The number of benzene rings is 3. The molecule has 0 bridgehead atoms. The number of fused-ring (bicyclic) bond motifs is 1. The van der Waals surface area contributed by atoms with Gasteiger partial charge >= 0.3 is 5.97 Å². The molecule has 1 aliphatic carbocycles. The molecule has 1 heterocycles. The molecule has 5 rings (SSSR count). The van der Waals surface area contributed by atoms with E-state index in [0.29, 0.717) is 46.5 Å². The van der Waals surface area contributed by atoms with E-state index < -0.39 is 11.7 Å².